The number of carbonyl (C=O) groups is 1. The van der Waals surface area contributed by atoms with Gasteiger partial charge in [0.15, 0.2) is 5.82 Å². The molecule has 2 aromatic carbocycles. The van der Waals surface area contributed by atoms with Crippen LogP contribution in [-0.2, 0) is 6.42 Å². The number of rotatable bonds is 6. The summed E-state index contributed by atoms with van der Waals surface area (Å²) in [6.45, 7) is 0.428. The summed E-state index contributed by atoms with van der Waals surface area (Å²) < 4.78 is 0. The molecule has 3 N–H and O–H groups in total. The maximum atomic E-state index is 12.9. The summed E-state index contributed by atoms with van der Waals surface area (Å²) in [5.74, 6) is 0.298. The van der Waals surface area contributed by atoms with Crippen LogP contribution in [0.4, 0.5) is 22.0 Å². The number of hydrogen-bond acceptors (Lipinski definition) is 4. The third kappa shape index (κ3) is 4.75. The quantitative estimate of drug-likeness (QED) is 0.543. The Kier molecular flexibility index (Phi) is 6.25. The molecule has 0 aliphatic heterocycles. The predicted molar refractivity (Wildman–Crippen MR) is 107 cm³/mol. The molecule has 0 saturated carbocycles. The molecule has 3 aromatic rings. The molecular formula is C20H19ClN4O2. The monoisotopic (exact) mass is 382 g/mol. The van der Waals surface area contributed by atoms with E-state index in [-0.39, 0.29) is 6.03 Å². The number of para-hydroxylation sites is 1. The Morgan fingerprint density at radius 1 is 1.07 bits per heavy atom. The van der Waals surface area contributed by atoms with Crippen molar-refractivity contribution in [3.05, 3.63) is 83.5 Å². The zero-order valence-electron chi connectivity index (χ0n) is 14.5. The van der Waals surface area contributed by atoms with E-state index in [4.69, 9.17) is 11.6 Å². The molecule has 0 aliphatic carbocycles. The van der Waals surface area contributed by atoms with Crippen molar-refractivity contribution in [2.24, 2.45) is 0 Å². The second-order valence-corrected chi connectivity index (χ2v) is 6.21. The number of amides is 2. The highest BCUT2D eigenvalue weighted by atomic mass is 35.5. The first kappa shape index (κ1) is 18.7. The first-order chi connectivity index (χ1) is 13.2. The number of urea groups is 1. The number of aromatic nitrogens is 1. The van der Waals surface area contributed by atoms with Gasteiger partial charge in [-0.15, -0.1) is 0 Å². The van der Waals surface area contributed by atoms with Crippen molar-refractivity contribution >= 4 is 34.8 Å². The zero-order valence-corrected chi connectivity index (χ0v) is 15.2. The maximum Gasteiger partial charge on any atom is 0.327 e. The Balaban J connectivity index is 1.79. The normalized spacial score (nSPS) is 10.3. The maximum absolute atomic E-state index is 12.9. The summed E-state index contributed by atoms with van der Waals surface area (Å²) in [5, 5.41) is 12.9. The first-order valence-electron chi connectivity index (χ1n) is 8.41. The van der Waals surface area contributed by atoms with E-state index in [1.807, 2.05) is 42.5 Å². The number of nitrogens with zero attached hydrogens (tertiary/aromatic N) is 2. The second-order valence-electron chi connectivity index (χ2n) is 5.77. The lowest BCUT2D eigenvalue weighted by molar-refractivity contribution is 0.248. The highest BCUT2D eigenvalue weighted by Crippen LogP contribution is 2.29. The third-order valence-corrected chi connectivity index (χ3v) is 4.15. The van der Waals surface area contributed by atoms with E-state index in [0.717, 1.165) is 5.56 Å². The highest BCUT2D eigenvalue weighted by molar-refractivity contribution is 6.30. The number of hydrogen-bond donors (Lipinski definition) is 3. The van der Waals surface area contributed by atoms with E-state index in [2.05, 4.69) is 15.8 Å². The van der Waals surface area contributed by atoms with Crippen LogP contribution in [-0.4, -0.2) is 22.8 Å². The number of halogens is 1. The minimum atomic E-state index is -0.349. The Morgan fingerprint density at radius 2 is 1.89 bits per heavy atom. The highest BCUT2D eigenvalue weighted by Gasteiger charge is 2.21. The molecule has 0 bridgehead atoms. The lowest BCUT2D eigenvalue weighted by atomic mass is 10.1. The number of pyridine rings is 1. The number of benzene rings is 2. The molecule has 1 aromatic heterocycles. The lowest BCUT2D eigenvalue weighted by Gasteiger charge is -2.24. The fraction of sp³-hybridized carbons (Fsp3) is 0.100. The zero-order chi connectivity index (χ0) is 19.1. The van der Waals surface area contributed by atoms with Crippen molar-refractivity contribution in [1.82, 2.24) is 10.3 Å². The molecular weight excluding hydrogens is 364 g/mol. The van der Waals surface area contributed by atoms with Gasteiger partial charge in [-0.1, -0.05) is 41.9 Å². The van der Waals surface area contributed by atoms with Crippen molar-refractivity contribution in [1.29, 1.82) is 0 Å². The van der Waals surface area contributed by atoms with E-state index < -0.39 is 0 Å². The molecule has 3 rings (SSSR count). The van der Waals surface area contributed by atoms with Gasteiger partial charge in [0.25, 0.3) is 0 Å². The SMILES string of the molecule is O=C(NCCc1cccc(Cl)c1)N(c1ccccc1)c1ncccc1NO. The average Bonchev–Trinajstić information content (AvgIpc) is 2.69. The van der Waals surface area contributed by atoms with Crippen LogP contribution in [0.5, 0.6) is 0 Å². The van der Waals surface area contributed by atoms with Gasteiger partial charge in [0.2, 0.25) is 0 Å². The van der Waals surface area contributed by atoms with E-state index in [1.54, 1.807) is 30.5 Å². The standard InChI is InChI=1S/C20H19ClN4O2/c21-16-7-4-6-15(14-16)11-13-23-20(26)25(17-8-2-1-3-9-17)19-18(24-27)10-5-12-22-19/h1-10,12,14,24,27H,11,13H2,(H,23,26). The van der Waals surface area contributed by atoms with Crippen LogP contribution in [0, 0.1) is 0 Å². The third-order valence-electron chi connectivity index (χ3n) is 3.92. The van der Waals surface area contributed by atoms with E-state index in [0.29, 0.717) is 35.2 Å². The lowest BCUT2D eigenvalue weighted by Crippen LogP contribution is -2.38. The van der Waals surface area contributed by atoms with E-state index >= 15 is 0 Å². The fourth-order valence-corrected chi connectivity index (χ4v) is 2.87. The van der Waals surface area contributed by atoms with Gasteiger partial charge >= 0.3 is 6.03 Å². The summed E-state index contributed by atoms with van der Waals surface area (Å²) in [5.41, 5.74) is 4.08. The molecule has 0 radical (unpaired) electrons. The Bertz CT molecular complexity index is 905. The number of nitrogens with one attached hydrogen (secondary N) is 2. The summed E-state index contributed by atoms with van der Waals surface area (Å²) >= 11 is 6.00. The van der Waals surface area contributed by atoms with Gasteiger partial charge < -0.3 is 5.32 Å². The topological polar surface area (TPSA) is 77.5 Å². The molecule has 2 amide bonds. The van der Waals surface area contributed by atoms with Crippen LogP contribution >= 0.6 is 11.6 Å². The van der Waals surface area contributed by atoms with Crippen molar-refractivity contribution in [2.45, 2.75) is 6.42 Å². The van der Waals surface area contributed by atoms with Crippen LogP contribution < -0.4 is 15.7 Å². The Hall–Kier alpha value is -3.09. The molecule has 27 heavy (non-hydrogen) atoms. The molecule has 1 heterocycles. The van der Waals surface area contributed by atoms with Gasteiger partial charge in [-0.05, 0) is 48.4 Å². The van der Waals surface area contributed by atoms with Gasteiger partial charge in [0.05, 0.1) is 5.69 Å². The second kappa shape index (κ2) is 9.02. The summed E-state index contributed by atoms with van der Waals surface area (Å²) in [6.07, 6.45) is 2.20. The number of carbonyl (C=O) groups excluding carboxylic acids is 1. The van der Waals surface area contributed by atoms with Crippen molar-refractivity contribution in [3.8, 4) is 0 Å². The van der Waals surface area contributed by atoms with Gasteiger partial charge in [0, 0.05) is 17.8 Å². The summed E-state index contributed by atoms with van der Waals surface area (Å²) in [6, 6.07) is 19.6. The van der Waals surface area contributed by atoms with Crippen molar-refractivity contribution < 1.29 is 10.0 Å². The van der Waals surface area contributed by atoms with Gasteiger partial charge in [-0.25, -0.2) is 14.7 Å². The van der Waals surface area contributed by atoms with Gasteiger partial charge in [-0.3, -0.25) is 10.7 Å². The van der Waals surface area contributed by atoms with Crippen LogP contribution in [0.1, 0.15) is 5.56 Å². The molecule has 138 valence electrons. The minimum absolute atomic E-state index is 0.298. The molecule has 0 fully saturated rings. The smallest absolute Gasteiger partial charge is 0.327 e. The van der Waals surface area contributed by atoms with Crippen LogP contribution in [0.2, 0.25) is 5.02 Å². The van der Waals surface area contributed by atoms with Gasteiger partial charge in [-0.2, -0.15) is 0 Å². The predicted octanol–water partition coefficient (Wildman–Crippen LogP) is 4.63. The Labute approximate surface area is 162 Å². The van der Waals surface area contributed by atoms with Crippen LogP contribution in [0.3, 0.4) is 0 Å². The summed E-state index contributed by atoms with van der Waals surface area (Å²) in [4.78, 5) is 18.6. The minimum Gasteiger partial charge on any atom is -0.337 e. The van der Waals surface area contributed by atoms with E-state index in [9.17, 15) is 10.0 Å². The molecule has 0 saturated heterocycles. The van der Waals surface area contributed by atoms with Gasteiger partial charge in [0.1, 0.15) is 5.69 Å². The fourth-order valence-electron chi connectivity index (χ4n) is 2.66. The largest absolute Gasteiger partial charge is 0.337 e. The summed E-state index contributed by atoms with van der Waals surface area (Å²) in [7, 11) is 0. The van der Waals surface area contributed by atoms with Crippen molar-refractivity contribution in [2.75, 3.05) is 16.9 Å². The van der Waals surface area contributed by atoms with E-state index in [1.165, 1.54) is 4.90 Å². The Morgan fingerprint density at radius 3 is 2.63 bits per heavy atom. The van der Waals surface area contributed by atoms with Crippen molar-refractivity contribution in [3.63, 3.8) is 0 Å². The van der Waals surface area contributed by atoms with Crippen LogP contribution in [0.25, 0.3) is 0 Å². The first-order valence-corrected chi connectivity index (χ1v) is 8.79. The average molecular weight is 383 g/mol. The molecule has 6 nitrogen and oxygen atoms in total. The molecule has 0 atom stereocenters. The number of anilines is 3. The molecule has 7 heteroatoms. The molecule has 0 spiro atoms. The molecule has 0 aliphatic rings. The molecule has 0 unspecified atom stereocenters. The van der Waals surface area contributed by atoms with Crippen LogP contribution in [0.15, 0.2) is 72.9 Å².